The molecule has 1 aromatic rings. The first-order valence-corrected chi connectivity index (χ1v) is 7.13. The van der Waals surface area contributed by atoms with E-state index in [-0.39, 0.29) is 5.70 Å². The van der Waals surface area contributed by atoms with Gasteiger partial charge in [0.05, 0.1) is 13.2 Å². The minimum Gasteiger partial charge on any atom is -0.402 e. The van der Waals surface area contributed by atoms with Gasteiger partial charge in [0.25, 0.3) is 0 Å². The van der Waals surface area contributed by atoms with E-state index in [4.69, 9.17) is 21.1 Å². The quantitative estimate of drug-likeness (QED) is 0.477. The summed E-state index contributed by atoms with van der Waals surface area (Å²) in [6.45, 7) is 4.46. The van der Waals surface area contributed by atoms with Crippen LogP contribution in [-0.4, -0.2) is 43.1 Å². The van der Waals surface area contributed by atoms with Crippen molar-refractivity contribution < 1.29 is 14.3 Å². The standard InChI is InChI=1S/C15H15ClN2O3/c1-10-2-4-11(5-3-10)14-17-12(15(19)21-14)13(16)18-6-8-20-9-7-18/h2-5H,6-9H2,1H3/b13-12+. The molecule has 0 bridgehead atoms. The number of nitrogens with zero attached hydrogens (tertiary/aromatic N) is 2. The topological polar surface area (TPSA) is 51.1 Å². The Morgan fingerprint density at radius 3 is 2.57 bits per heavy atom. The number of cyclic esters (lactones) is 1. The van der Waals surface area contributed by atoms with E-state index in [9.17, 15) is 4.79 Å². The summed E-state index contributed by atoms with van der Waals surface area (Å²) in [5.74, 6) is -0.219. The lowest BCUT2D eigenvalue weighted by molar-refractivity contribution is -0.130. The zero-order chi connectivity index (χ0) is 14.8. The minimum absolute atomic E-state index is 0.161. The molecule has 21 heavy (non-hydrogen) atoms. The number of ether oxygens (including phenoxy) is 2. The van der Waals surface area contributed by atoms with E-state index in [0.29, 0.717) is 37.4 Å². The fourth-order valence-electron chi connectivity index (χ4n) is 2.17. The van der Waals surface area contributed by atoms with E-state index >= 15 is 0 Å². The van der Waals surface area contributed by atoms with Gasteiger partial charge in [-0.15, -0.1) is 0 Å². The monoisotopic (exact) mass is 306 g/mol. The number of halogens is 1. The Kier molecular flexibility index (Phi) is 3.94. The second-order valence-electron chi connectivity index (χ2n) is 4.91. The molecule has 0 saturated carbocycles. The molecule has 1 fully saturated rings. The van der Waals surface area contributed by atoms with Crippen LogP contribution in [0.15, 0.2) is 40.1 Å². The molecule has 2 aliphatic rings. The number of hydrogen-bond donors (Lipinski definition) is 0. The van der Waals surface area contributed by atoms with Gasteiger partial charge in [-0.2, -0.15) is 0 Å². The van der Waals surface area contributed by atoms with Gasteiger partial charge in [-0.05, 0) is 19.1 Å². The van der Waals surface area contributed by atoms with Crippen LogP contribution < -0.4 is 0 Å². The Labute approximate surface area is 127 Å². The lowest BCUT2D eigenvalue weighted by Gasteiger charge is -2.27. The highest BCUT2D eigenvalue weighted by Gasteiger charge is 2.29. The highest BCUT2D eigenvalue weighted by atomic mass is 35.5. The molecule has 0 atom stereocenters. The third-order valence-electron chi connectivity index (χ3n) is 3.38. The average molecular weight is 307 g/mol. The summed E-state index contributed by atoms with van der Waals surface area (Å²) in [5.41, 5.74) is 2.05. The van der Waals surface area contributed by atoms with E-state index < -0.39 is 5.97 Å². The number of esters is 1. The zero-order valence-electron chi connectivity index (χ0n) is 11.6. The molecule has 0 aliphatic carbocycles. The van der Waals surface area contributed by atoms with Crippen molar-refractivity contribution in [2.75, 3.05) is 26.3 Å². The molecule has 5 nitrogen and oxygen atoms in total. The first kappa shape index (κ1) is 14.1. The van der Waals surface area contributed by atoms with Crippen LogP contribution in [0.1, 0.15) is 11.1 Å². The summed E-state index contributed by atoms with van der Waals surface area (Å²) in [6.07, 6.45) is 0. The van der Waals surface area contributed by atoms with Crippen molar-refractivity contribution in [3.63, 3.8) is 0 Å². The number of rotatable bonds is 2. The Balaban J connectivity index is 1.89. The first-order valence-electron chi connectivity index (χ1n) is 6.75. The van der Waals surface area contributed by atoms with Gasteiger partial charge in [0, 0.05) is 18.7 Å². The molecule has 3 rings (SSSR count). The molecule has 2 aliphatic heterocycles. The van der Waals surface area contributed by atoms with Crippen LogP contribution in [0, 0.1) is 6.92 Å². The molecule has 110 valence electrons. The summed E-state index contributed by atoms with van der Waals surface area (Å²) in [4.78, 5) is 18.1. The first-order chi connectivity index (χ1) is 10.1. The molecule has 0 N–H and O–H groups in total. The summed E-state index contributed by atoms with van der Waals surface area (Å²) in [5, 5.41) is 0.324. The van der Waals surface area contributed by atoms with Gasteiger partial charge in [-0.25, -0.2) is 9.79 Å². The predicted octanol–water partition coefficient (Wildman–Crippen LogP) is 2.04. The normalized spacial score (nSPS) is 21.1. The third kappa shape index (κ3) is 2.94. The number of aryl methyl sites for hydroxylation is 1. The molecule has 0 aromatic heterocycles. The van der Waals surface area contributed by atoms with Crippen LogP contribution in [0.5, 0.6) is 0 Å². The summed E-state index contributed by atoms with van der Waals surface area (Å²) in [6, 6.07) is 7.62. The van der Waals surface area contributed by atoms with Gasteiger partial charge in [0.1, 0.15) is 5.16 Å². The van der Waals surface area contributed by atoms with E-state index in [1.54, 1.807) is 0 Å². The van der Waals surface area contributed by atoms with E-state index in [2.05, 4.69) is 4.99 Å². The number of benzene rings is 1. The molecule has 1 saturated heterocycles. The number of aliphatic imine (C=N–C) groups is 1. The van der Waals surface area contributed by atoms with E-state index in [0.717, 1.165) is 11.1 Å². The van der Waals surface area contributed by atoms with E-state index in [1.807, 2.05) is 36.1 Å². The van der Waals surface area contributed by atoms with Crippen molar-refractivity contribution >= 4 is 23.5 Å². The van der Waals surface area contributed by atoms with Gasteiger partial charge in [0.15, 0.2) is 5.70 Å². The van der Waals surface area contributed by atoms with Crippen LogP contribution in [0.25, 0.3) is 0 Å². The highest BCUT2D eigenvalue weighted by molar-refractivity contribution is 6.32. The summed E-state index contributed by atoms with van der Waals surface area (Å²) >= 11 is 6.28. The molecular weight excluding hydrogens is 292 g/mol. The second-order valence-corrected chi connectivity index (χ2v) is 5.27. The van der Waals surface area contributed by atoms with Crippen molar-refractivity contribution in [1.82, 2.24) is 4.90 Å². The molecule has 1 aromatic carbocycles. The molecule has 0 radical (unpaired) electrons. The predicted molar refractivity (Wildman–Crippen MR) is 79.1 cm³/mol. The smallest absolute Gasteiger partial charge is 0.366 e. The summed E-state index contributed by atoms with van der Waals surface area (Å²) in [7, 11) is 0. The van der Waals surface area contributed by atoms with Crippen LogP contribution in [0.4, 0.5) is 0 Å². The molecule has 0 spiro atoms. The number of hydrogen-bond acceptors (Lipinski definition) is 5. The Morgan fingerprint density at radius 2 is 1.90 bits per heavy atom. The van der Waals surface area contributed by atoms with Crippen molar-refractivity contribution in [3.05, 3.63) is 46.2 Å². The van der Waals surface area contributed by atoms with Gasteiger partial charge in [-0.1, -0.05) is 29.3 Å². The molecular formula is C15H15ClN2O3. The van der Waals surface area contributed by atoms with Gasteiger partial charge < -0.3 is 14.4 Å². The maximum absolute atomic E-state index is 12.0. The maximum atomic E-state index is 12.0. The van der Waals surface area contributed by atoms with Crippen molar-refractivity contribution in [2.45, 2.75) is 6.92 Å². The van der Waals surface area contributed by atoms with Gasteiger partial charge in [0.2, 0.25) is 5.90 Å². The average Bonchev–Trinajstić information content (AvgIpc) is 2.90. The summed E-state index contributed by atoms with van der Waals surface area (Å²) < 4.78 is 10.5. The van der Waals surface area contributed by atoms with Crippen molar-refractivity contribution in [3.8, 4) is 0 Å². The Hall–Kier alpha value is -1.85. The number of carbonyl (C=O) groups excluding carboxylic acids is 1. The Morgan fingerprint density at radius 1 is 1.24 bits per heavy atom. The fourth-order valence-corrected chi connectivity index (χ4v) is 2.45. The molecule has 2 heterocycles. The van der Waals surface area contributed by atoms with Crippen molar-refractivity contribution in [2.24, 2.45) is 4.99 Å². The lowest BCUT2D eigenvalue weighted by atomic mass is 10.1. The molecule has 0 unspecified atom stereocenters. The van der Waals surface area contributed by atoms with E-state index in [1.165, 1.54) is 0 Å². The van der Waals surface area contributed by atoms with Crippen LogP contribution in [0.2, 0.25) is 0 Å². The Bertz CT molecular complexity index is 616. The molecule has 0 amide bonds. The molecule has 6 heteroatoms. The third-order valence-corrected chi connectivity index (χ3v) is 3.80. The van der Waals surface area contributed by atoms with Crippen LogP contribution >= 0.6 is 11.6 Å². The fraction of sp³-hybridized carbons (Fsp3) is 0.333. The maximum Gasteiger partial charge on any atom is 0.366 e. The SMILES string of the molecule is Cc1ccc(C2=N/C(=C(\Cl)N3CCOCC3)C(=O)O2)cc1. The van der Waals surface area contributed by atoms with Crippen LogP contribution in [-0.2, 0) is 14.3 Å². The van der Waals surface area contributed by atoms with Gasteiger partial charge >= 0.3 is 5.97 Å². The van der Waals surface area contributed by atoms with Crippen molar-refractivity contribution in [1.29, 1.82) is 0 Å². The number of carbonyl (C=O) groups is 1. The zero-order valence-corrected chi connectivity index (χ0v) is 12.4. The largest absolute Gasteiger partial charge is 0.402 e. The highest BCUT2D eigenvalue weighted by Crippen LogP contribution is 2.24. The lowest BCUT2D eigenvalue weighted by Crippen LogP contribution is -2.35. The van der Waals surface area contributed by atoms with Gasteiger partial charge in [-0.3, -0.25) is 0 Å². The minimum atomic E-state index is -0.512. The van der Waals surface area contributed by atoms with Crippen LogP contribution in [0.3, 0.4) is 0 Å². The second kappa shape index (κ2) is 5.87. The number of morpholine rings is 1.